The molecular weight excluding hydrogens is 308 g/mol. The van der Waals surface area contributed by atoms with Gasteiger partial charge in [-0.05, 0) is 36.4 Å². The third kappa shape index (κ3) is 3.65. The molecule has 0 saturated heterocycles. The van der Waals surface area contributed by atoms with Gasteiger partial charge in [-0.3, -0.25) is 0 Å². The van der Waals surface area contributed by atoms with E-state index in [-0.39, 0.29) is 11.1 Å². The molecule has 0 spiro atoms. The van der Waals surface area contributed by atoms with Crippen molar-refractivity contribution in [2.24, 2.45) is 0 Å². The third-order valence-corrected chi connectivity index (χ3v) is 3.52. The van der Waals surface area contributed by atoms with Crippen molar-refractivity contribution in [1.82, 2.24) is 0 Å². The molecule has 1 N–H and O–H groups in total. The maximum absolute atomic E-state index is 12.6. The van der Waals surface area contributed by atoms with Crippen molar-refractivity contribution in [3.8, 4) is 5.75 Å². The number of nitrogens with zero attached hydrogens (tertiary/aromatic N) is 2. The summed E-state index contributed by atoms with van der Waals surface area (Å²) in [5.74, 6) is -1.52. The molecule has 6 heteroatoms. The molecule has 0 saturated carbocycles. The molecule has 0 aliphatic heterocycles. The summed E-state index contributed by atoms with van der Waals surface area (Å²) in [5.41, 5.74) is 1.40. The fourth-order valence-electron chi connectivity index (χ4n) is 2.28. The van der Waals surface area contributed by atoms with Crippen LogP contribution in [0.1, 0.15) is 20.7 Å². The van der Waals surface area contributed by atoms with Gasteiger partial charge in [-0.2, -0.15) is 0 Å². The maximum atomic E-state index is 12.6. The summed E-state index contributed by atoms with van der Waals surface area (Å²) in [6, 6.07) is 11.6. The van der Waals surface area contributed by atoms with Crippen molar-refractivity contribution in [3.05, 3.63) is 53.6 Å². The molecule has 0 atom stereocenters. The van der Waals surface area contributed by atoms with E-state index in [9.17, 15) is 14.7 Å². The summed E-state index contributed by atoms with van der Waals surface area (Å²) >= 11 is 0. The molecule has 0 bridgehead atoms. The highest BCUT2D eigenvalue weighted by molar-refractivity contribution is 6.07. The van der Waals surface area contributed by atoms with Gasteiger partial charge in [0.05, 0.1) is 16.8 Å². The molecule has 0 aliphatic rings. The molecule has 0 aromatic heterocycles. The molecule has 0 fully saturated rings. The Balaban J connectivity index is 2.37. The molecule has 0 radical (unpaired) electrons. The highest BCUT2D eigenvalue weighted by Crippen LogP contribution is 2.25. The molecule has 0 amide bonds. The van der Waals surface area contributed by atoms with Crippen LogP contribution in [0.15, 0.2) is 42.5 Å². The second kappa shape index (κ2) is 7.04. The summed E-state index contributed by atoms with van der Waals surface area (Å²) < 4.78 is 5.37. The molecule has 2 aromatic carbocycles. The summed E-state index contributed by atoms with van der Waals surface area (Å²) in [6.45, 7) is 0. The number of benzene rings is 2. The minimum absolute atomic E-state index is 0.0340. The van der Waals surface area contributed by atoms with Crippen molar-refractivity contribution < 1.29 is 19.4 Å². The minimum atomic E-state index is -1.17. The number of hydrogen-bond donors (Lipinski definition) is 1. The Hall–Kier alpha value is -3.02. The molecule has 0 aliphatic carbocycles. The van der Waals surface area contributed by atoms with Crippen LogP contribution >= 0.6 is 0 Å². The number of carboxylic acid groups (broad SMARTS) is 1. The first-order chi connectivity index (χ1) is 11.3. The van der Waals surface area contributed by atoms with Gasteiger partial charge in [-0.25, -0.2) is 9.59 Å². The number of carboxylic acids is 1. The zero-order chi connectivity index (χ0) is 17.9. The first-order valence-corrected chi connectivity index (χ1v) is 7.34. The van der Waals surface area contributed by atoms with Crippen molar-refractivity contribution in [3.63, 3.8) is 0 Å². The average molecular weight is 328 g/mol. The molecule has 0 heterocycles. The lowest BCUT2D eigenvalue weighted by Gasteiger charge is -2.18. The van der Waals surface area contributed by atoms with Crippen LogP contribution in [0.3, 0.4) is 0 Å². The van der Waals surface area contributed by atoms with Gasteiger partial charge in [-0.1, -0.05) is 6.07 Å². The van der Waals surface area contributed by atoms with Crippen molar-refractivity contribution in [2.45, 2.75) is 0 Å². The van der Waals surface area contributed by atoms with Crippen LogP contribution in [0, 0.1) is 0 Å². The molecule has 6 nitrogen and oxygen atoms in total. The van der Waals surface area contributed by atoms with Gasteiger partial charge in [0.25, 0.3) is 0 Å². The summed E-state index contributed by atoms with van der Waals surface area (Å²) in [4.78, 5) is 27.6. The van der Waals surface area contributed by atoms with Gasteiger partial charge in [-0.15, -0.1) is 0 Å². The van der Waals surface area contributed by atoms with E-state index in [1.165, 1.54) is 6.07 Å². The van der Waals surface area contributed by atoms with E-state index in [4.69, 9.17) is 4.74 Å². The fraction of sp³-hybridized carbons (Fsp3) is 0.222. The lowest BCUT2D eigenvalue weighted by atomic mass is 10.0. The highest BCUT2D eigenvalue weighted by atomic mass is 16.5. The summed E-state index contributed by atoms with van der Waals surface area (Å²) in [5, 5.41) is 9.35. The normalized spacial score (nSPS) is 10.2. The number of aromatic carboxylic acids is 1. The van der Waals surface area contributed by atoms with E-state index >= 15 is 0 Å². The molecule has 0 unspecified atom stereocenters. The van der Waals surface area contributed by atoms with E-state index in [0.717, 1.165) is 5.69 Å². The summed E-state index contributed by atoms with van der Waals surface area (Å²) in [7, 11) is 7.30. The van der Waals surface area contributed by atoms with Crippen molar-refractivity contribution in [1.29, 1.82) is 0 Å². The number of carbonyl (C=O) groups is 2. The van der Waals surface area contributed by atoms with Crippen LogP contribution in [0.5, 0.6) is 5.75 Å². The second-order valence-electron chi connectivity index (χ2n) is 5.68. The Morgan fingerprint density at radius 3 is 2.04 bits per heavy atom. The van der Waals surface area contributed by atoms with Gasteiger partial charge < -0.3 is 19.6 Å². The fourth-order valence-corrected chi connectivity index (χ4v) is 2.28. The van der Waals surface area contributed by atoms with E-state index in [1.807, 2.05) is 31.1 Å². The van der Waals surface area contributed by atoms with Crippen LogP contribution in [0.25, 0.3) is 0 Å². The van der Waals surface area contributed by atoms with Crippen LogP contribution in [0.2, 0.25) is 0 Å². The first-order valence-electron chi connectivity index (χ1n) is 7.34. The van der Waals surface area contributed by atoms with Crippen LogP contribution < -0.4 is 14.5 Å². The van der Waals surface area contributed by atoms with Crippen LogP contribution in [-0.4, -0.2) is 45.2 Å². The predicted molar refractivity (Wildman–Crippen MR) is 93.5 cm³/mol. The van der Waals surface area contributed by atoms with Crippen molar-refractivity contribution in [2.75, 3.05) is 38.0 Å². The average Bonchev–Trinajstić information content (AvgIpc) is 2.54. The van der Waals surface area contributed by atoms with Gasteiger partial charge >= 0.3 is 11.9 Å². The van der Waals surface area contributed by atoms with Gasteiger partial charge in [0.15, 0.2) is 0 Å². The Morgan fingerprint density at radius 2 is 1.54 bits per heavy atom. The van der Waals surface area contributed by atoms with E-state index < -0.39 is 11.9 Å². The largest absolute Gasteiger partial charge is 0.478 e. The van der Waals surface area contributed by atoms with Gasteiger partial charge in [0.1, 0.15) is 5.75 Å². The smallest absolute Gasteiger partial charge is 0.346 e. The SMILES string of the molecule is CN(C)c1ccc(OC(=O)c2c(C(=O)O)cccc2N(C)C)cc1. The number of hydrogen-bond acceptors (Lipinski definition) is 5. The van der Waals surface area contributed by atoms with E-state index in [1.54, 1.807) is 43.3 Å². The first kappa shape index (κ1) is 17.3. The zero-order valence-electron chi connectivity index (χ0n) is 14.1. The van der Waals surface area contributed by atoms with E-state index in [0.29, 0.717) is 11.4 Å². The Kier molecular flexibility index (Phi) is 5.08. The Labute approximate surface area is 140 Å². The van der Waals surface area contributed by atoms with Gasteiger partial charge in [0.2, 0.25) is 0 Å². The third-order valence-electron chi connectivity index (χ3n) is 3.52. The molecule has 2 aromatic rings. The maximum Gasteiger partial charge on any atom is 0.346 e. The standard InChI is InChI=1S/C18H20N2O4/c1-19(2)12-8-10-13(11-9-12)24-18(23)16-14(17(21)22)6-5-7-15(16)20(3)4/h5-11H,1-4H3,(H,21,22). The monoisotopic (exact) mass is 328 g/mol. The van der Waals surface area contributed by atoms with Crippen LogP contribution in [-0.2, 0) is 0 Å². The predicted octanol–water partition coefficient (Wildman–Crippen LogP) is 2.74. The van der Waals surface area contributed by atoms with Crippen molar-refractivity contribution >= 4 is 23.3 Å². The second-order valence-corrected chi connectivity index (χ2v) is 5.68. The van der Waals surface area contributed by atoms with Gasteiger partial charge in [0, 0.05) is 33.9 Å². The highest BCUT2D eigenvalue weighted by Gasteiger charge is 2.23. The lowest BCUT2D eigenvalue weighted by Crippen LogP contribution is -2.20. The molecular formula is C18H20N2O4. The number of carbonyl (C=O) groups excluding carboxylic acids is 1. The Bertz CT molecular complexity index is 752. The topological polar surface area (TPSA) is 70.1 Å². The lowest BCUT2D eigenvalue weighted by molar-refractivity contribution is 0.0668. The number of rotatable bonds is 5. The Morgan fingerprint density at radius 1 is 0.917 bits per heavy atom. The van der Waals surface area contributed by atoms with Crippen LogP contribution in [0.4, 0.5) is 11.4 Å². The number of ether oxygens (including phenoxy) is 1. The minimum Gasteiger partial charge on any atom is -0.478 e. The van der Waals surface area contributed by atoms with E-state index in [2.05, 4.69) is 0 Å². The number of anilines is 2. The molecule has 24 heavy (non-hydrogen) atoms. The zero-order valence-corrected chi connectivity index (χ0v) is 14.1. The molecule has 126 valence electrons. The quantitative estimate of drug-likeness (QED) is 0.672. The summed E-state index contributed by atoms with van der Waals surface area (Å²) in [6.07, 6.45) is 0. The molecule has 2 rings (SSSR count). The number of esters is 1.